The van der Waals surface area contributed by atoms with E-state index in [2.05, 4.69) is 258 Å². The molecular formula is C74H50N2Si. The van der Waals surface area contributed by atoms with Crippen LogP contribution in [-0.4, -0.2) is 17.2 Å². The number of benzene rings is 12. The zero-order valence-electron chi connectivity index (χ0n) is 46.9. The Morgan fingerprint density at radius 3 is 1.42 bits per heavy atom. The van der Waals surface area contributed by atoms with E-state index in [0.29, 0.717) is 5.56 Å². The van der Waals surface area contributed by atoms with Crippen molar-refractivity contribution in [3.05, 3.63) is 324 Å². The normalized spacial score (nSPS) is 15.4. The summed E-state index contributed by atoms with van der Waals surface area (Å²) < 4.78 is 48.2. The maximum absolute atomic E-state index is 8.93. The van der Waals surface area contributed by atoms with Gasteiger partial charge in [-0.3, -0.25) is 0 Å². The maximum atomic E-state index is 8.93. The summed E-state index contributed by atoms with van der Waals surface area (Å²) in [6, 6.07) is 94.2. The van der Waals surface area contributed by atoms with Crippen LogP contribution in [0.3, 0.4) is 0 Å². The second-order valence-electron chi connectivity index (χ2n) is 20.6. The van der Waals surface area contributed by atoms with Crippen LogP contribution in [-0.2, 0) is 0 Å². The van der Waals surface area contributed by atoms with E-state index in [1.165, 1.54) is 98.3 Å². The van der Waals surface area contributed by atoms with Crippen molar-refractivity contribution in [2.24, 2.45) is 0 Å². The Bertz CT molecular complexity index is 4870. The van der Waals surface area contributed by atoms with Gasteiger partial charge in [0.15, 0.2) is 8.07 Å². The van der Waals surface area contributed by atoms with Gasteiger partial charge in [-0.1, -0.05) is 236 Å². The molecule has 0 amide bonds. The van der Waals surface area contributed by atoms with Gasteiger partial charge in [0.2, 0.25) is 0 Å². The van der Waals surface area contributed by atoms with Crippen molar-refractivity contribution >= 4 is 72.4 Å². The Morgan fingerprint density at radius 1 is 0.312 bits per heavy atom. The molecule has 3 aliphatic carbocycles. The maximum Gasteiger partial charge on any atom is 0.179 e. The first-order valence-electron chi connectivity index (χ1n) is 29.1. The fraction of sp³-hybridized carbons (Fsp3) is 0.0270. The van der Waals surface area contributed by atoms with Gasteiger partial charge in [0, 0.05) is 39.1 Å². The third kappa shape index (κ3) is 6.42. The summed E-state index contributed by atoms with van der Waals surface area (Å²) in [7, 11) is -3.31. The SMILES string of the molecule is [2H]c1c([2H])c([2H])c(-c2ccc([Si](c3ccccc3)(c3ccccc3)c3cccc4c3C3c5ccccc5C4c4cccc(-n5c6ccccc6c6cc(-c7ccc8c(c7)c7ccccc7n8-c7ccccc7)ccc65)c43)cc2)c([2H])c1[2H]. The zero-order valence-corrected chi connectivity index (χ0v) is 42.9. The van der Waals surface area contributed by atoms with E-state index in [9.17, 15) is 0 Å². The van der Waals surface area contributed by atoms with Crippen molar-refractivity contribution in [2.45, 2.75) is 11.8 Å². The topological polar surface area (TPSA) is 9.86 Å². The van der Waals surface area contributed by atoms with Crippen LogP contribution in [0.4, 0.5) is 0 Å². The molecule has 0 aliphatic heterocycles. The minimum absolute atomic E-state index is 0.0294. The van der Waals surface area contributed by atoms with Gasteiger partial charge in [-0.2, -0.15) is 0 Å². The van der Waals surface area contributed by atoms with Gasteiger partial charge in [-0.05, 0) is 131 Å². The predicted octanol–water partition coefficient (Wildman–Crippen LogP) is 15.6. The lowest BCUT2D eigenvalue weighted by atomic mass is 9.60. The summed E-state index contributed by atoms with van der Waals surface area (Å²) in [4.78, 5) is 0. The zero-order chi connectivity index (χ0) is 55.0. The molecule has 0 saturated heterocycles. The summed E-state index contributed by atoms with van der Waals surface area (Å²) in [5, 5.41) is 9.76. The molecule has 12 aromatic carbocycles. The average molecular weight is 1000 g/mol. The quantitative estimate of drug-likeness (QED) is 0.106. The standard InChI is InChI=1S/C74H50N2Si/c1-5-21-49(22-6-1)50-39-43-56(44-40-50)77(54-25-9-3-10-26-54,55-27-11-4-12-28-55)70-38-20-34-62-71-59-31-13-14-32-60(59)74(73(62)70)72-61(71)33-19-37-69(72)76-66-36-18-16-30-58(66)64-48-52(42-46-68(64)76)51-41-45-67-63(47-51)57-29-15-17-35-65(57)75(67)53-23-7-2-8-24-53/h1-48,71,74H/i1D,5D,6D,21D,22D. The van der Waals surface area contributed by atoms with Crippen molar-refractivity contribution in [1.82, 2.24) is 9.13 Å². The largest absolute Gasteiger partial charge is 0.309 e. The van der Waals surface area contributed by atoms with Crippen LogP contribution in [0, 0.1) is 0 Å². The Morgan fingerprint density at radius 2 is 0.779 bits per heavy atom. The smallest absolute Gasteiger partial charge is 0.179 e. The molecule has 0 saturated carbocycles. The van der Waals surface area contributed by atoms with Gasteiger partial charge in [-0.25, -0.2) is 0 Å². The van der Waals surface area contributed by atoms with Crippen molar-refractivity contribution in [3.8, 4) is 33.6 Å². The number of hydrogen-bond acceptors (Lipinski definition) is 0. The lowest BCUT2D eigenvalue weighted by Crippen LogP contribution is -2.75. The molecule has 0 fully saturated rings. The molecule has 77 heavy (non-hydrogen) atoms. The van der Waals surface area contributed by atoms with Crippen molar-refractivity contribution in [1.29, 1.82) is 0 Å². The van der Waals surface area contributed by atoms with Crippen LogP contribution < -0.4 is 20.7 Å². The molecule has 2 bridgehead atoms. The van der Waals surface area contributed by atoms with Crippen molar-refractivity contribution in [2.75, 3.05) is 0 Å². The lowest BCUT2D eigenvalue weighted by Gasteiger charge is -2.47. The summed E-state index contributed by atoms with van der Waals surface area (Å²) in [6.07, 6.45) is 0. The number of fused-ring (bicyclic) bond motifs is 6. The number of rotatable bonds is 8. The molecule has 360 valence electrons. The van der Waals surface area contributed by atoms with Gasteiger partial charge in [-0.15, -0.1) is 0 Å². The Kier molecular flexibility index (Phi) is 8.73. The highest BCUT2D eigenvalue weighted by Gasteiger charge is 2.50. The molecule has 0 radical (unpaired) electrons. The van der Waals surface area contributed by atoms with E-state index >= 15 is 0 Å². The third-order valence-corrected chi connectivity index (χ3v) is 21.8. The molecule has 2 unspecified atom stereocenters. The van der Waals surface area contributed by atoms with E-state index in [1.54, 1.807) is 0 Å². The van der Waals surface area contributed by atoms with E-state index in [-0.39, 0.29) is 41.6 Å². The fourth-order valence-corrected chi connectivity index (χ4v) is 18.9. The van der Waals surface area contributed by atoms with Crippen LogP contribution in [0.25, 0.3) is 77.2 Å². The average Bonchev–Trinajstić information content (AvgIpc) is 3.98. The van der Waals surface area contributed by atoms with Gasteiger partial charge < -0.3 is 9.13 Å². The Balaban J connectivity index is 0.914. The molecule has 3 aliphatic rings. The Labute approximate surface area is 456 Å². The molecule has 2 heterocycles. The number of nitrogens with zero attached hydrogens (tertiary/aromatic N) is 2. The second-order valence-corrected chi connectivity index (χ2v) is 24.4. The van der Waals surface area contributed by atoms with Crippen molar-refractivity contribution < 1.29 is 6.85 Å². The fourth-order valence-electron chi connectivity index (χ4n) is 13.9. The summed E-state index contributed by atoms with van der Waals surface area (Å²) in [5.41, 5.74) is 18.1. The monoisotopic (exact) mass is 999 g/mol. The van der Waals surface area contributed by atoms with Gasteiger partial charge >= 0.3 is 0 Å². The van der Waals surface area contributed by atoms with Gasteiger partial charge in [0.1, 0.15) is 0 Å². The first kappa shape index (κ1) is 39.0. The van der Waals surface area contributed by atoms with Crippen LogP contribution >= 0.6 is 0 Å². The number of hydrogen-bond donors (Lipinski definition) is 0. The van der Waals surface area contributed by atoms with Gasteiger partial charge in [0.25, 0.3) is 0 Å². The molecule has 14 aromatic rings. The molecule has 0 spiro atoms. The first-order chi connectivity index (χ1) is 40.3. The van der Waals surface area contributed by atoms with Crippen LogP contribution in [0.15, 0.2) is 291 Å². The minimum atomic E-state index is -3.31. The summed E-state index contributed by atoms with van der Waals surface area (Å²) >= 11 is 0. The van der Waals surface area contributed by atoms with Crippen molar-refractivity contribution in [3.63, 3.8) is 0 Å². The van der Waals surface area contributed by atoms with E-state index in [4.69, 9.17) is 6.85 Å². The Hall–Kier alpha value is -9.54. The van der Waals surface area contributed by atoms with Gasteiger partial charge in [0.05, 0.1) is 34.6 Å². The predicted molar refractivity (Wildman–Crippen MR) is 324 cm³/mol. The molecule has 2 atom stereocenters. The first-order valence-corrected chi connectivity index (χ1v) is 28.6. The molecular weight excluding hydrogens is 945 g/mol. The van der Waals surface area contributed by atoms with Crippen LogP contribution in [0.5, 0.6) is 0 Å². The summed E-state index contributed by atoms with van der Waals surface area (Å²) in [5.74, 6) is -0.165. The number of aromatic nitrogens is 2. The lowest BCUT2D eigenvalue weighted by molar-refractivity contribution is 0.752. The highest BCUT2D eigenvalue weighted by Crippen LogP contribution is 2.57. The molecule has 2 nitrogen and oxygen atoms in total. The van der Waals surface area contributed by atoms with Crippen LogP contribution in [0.2, 0.25) is 0 Å². The molecule has 3 heteroatoms. The highest BCUT2D eigenvalue weighted by atomic mass is 28.3. The summed E-state index contributed by atoms with van der Waals surface area (Å²) in [6.45, 7) is 0. The molecule has 0 N–H and O–H groups in total. The van der Waals surface area contributed by atoms with Crippen LogP contribution in [0.1, 0.15) is 52.1 Å². The van der Waals surface area contributed by atoms with E-state index < -0.39 is 14.1 Å². The minimum Gasteiger partial charge on any atom is -0.309 e. The molecule has 17 rings (SSSR count). The second kappa shape index (κ2) is 17.3. The van der Waals surface area contributed by atoms with E-state index in [0.717, 1.165) is 21.9 Å². The number of para-hydroxylation sites is 3. The van der Waals surface area contributed by atoms with E-state index in [1.807, 2.05) is 12.1 Å². The highest BCUT2D eigenvalue weighted by molar-refractivity contribution is 7.20. The third-order valence-electron chi connectivity index (χ3n) is 16.9. The molecule has 2 aromatic heterocycles.